The van der Waals surface area contributed by atoms with Crippen LogP contribution in [0.15, 0.2) is 12.1 Å². The average molecular weight is 421 g/mol. The molecular weight excluding hydrogens is 378 g/mol. The summed E-state index contributed by atoms with van der Waals surface area (Å²) in [5.74, 6) is 1.35. The van der Waals surface area contributed by atoms with E-state index in [0.29, 0.717) is 11.8 Å². The second-order valence-electron chi connectivity index (χ2n) is 11.0. The van der Waals surface area contributed by atoms with Gasteiger partial charge >= 0.3 is 0 Å². The van der Waals surface area contributed by atoms with Crippen molar-refractivity contribution in [2.45, 2.75) is 76.5 Å². The maximum Gasteiger partial charge on any atom is 0.0184 e. The number of hydrogen-bond acceptors (Lipinski definition) is 2. The Bertz CT molecular complexity index is 672. The van der Waals surface area contributed by atoms with Gasteiger partial charge in [-0.2, -0.15) is 0 Å². The van der Waals surface area contributed by atoms with E-state index in [1.54, 1.807) is 11.1 Å². The molecule has 158 valence electrons. The Morgan fingerprint density at radius 3 is 1.75 bits per heavy atom. The second kappa shape index (κ2) is 8.26. The van der Waals surface area contributed by atoms with Gasteiger partial charge < -0.3 is 10.6 Å². The van der Waals surface area contributed by atoms with Crippen LogP contribution in [-0.2, 0) is 22.1 Å². The lowest BCUT2D eigenvalue weighted by atomic mass is 9.65. The maximum absolute atomic E-state index is 3.67. The molecule has 4 atom stereocenters. The smallest absolute Gasteiger partial charge is 0.0184 e. The molecule has 2 fully saturated rings. The predicted octanol–water partition coefficient (Wildman–Crippen LogP) is 4.95. The molecule has 2 heterocycles. The van der Waals surface area contributed by atoms with E-state index in [1.165, 1.54) is 24.0 Å². The first-order valence-electron chi connectivity index (χ1n) is 11.1. The van der Waals surface area contributed by atoms with Crippen molar-refractivity contribution in [1.82, 2.24) is 10.6 Å². The number of benzene rings is 1. The molecule has 28 heavy (non-hydrogen) atoms. The highest BCUT2D eigenvalue weighted by Gasteiger charge is 2.48. The van der Waals surface area contributed by atoms with Crippen molar-refractivity contribution in [2.24, 2.45) is 11.8 Å². The van der Waals surface area contributed by atoms with Crippen LogP contribution in [-0.4, -0.2) is 26.2 Å². The Hall–Kier alpha value is -0.0000000000000000555. The van der Waals surface area contributed by atoms with Crippen molar-refractivity contribution in [3.63, 3.8) is 0 Å². The van der Waals surface area contributed by atoms with Gasteiger partial charge in [-0.25, -0.2) is 0 Å². The highest BCUT2D eigenvalue weighted by atomic mass is 31.0. The molecule has 0 saturated carbocycles. The van der Waals surface area contributed by atoms with Crippen LogP contribution in [0.2, 0.25) is 0 Å². The molecule has 0 radical (unpaired) electrons. The number of nitrogens with one attached hydrogen (secondary N) is 2. The molecule has 1 aromatic carbocycles. The van der Waals surface area contributed by atoms with Crippen LogP contribution in [0.1, 0.15) is 76.6 Å². The highest BCUT2D eigenvalue weighted by molar-refractivity contribution is 7.18. The fraction of sp³-hybridized carbons (Fsp3) is 0.750. The zero-order valence-corrected chi connectivity index (χ0v) is 21.2. The van der Waals surface area contributed by atoms with E-state index in [4.69, 9.17) is 0 Å². The molecule has 2 aliphatic rings. The van der Waals surface area contributed by atoms with E-state index in [1.807, 2.05) is 0 Å². The summed E-state index contributed by atoms with van der Waals surface area (Å²) in [4.78, 5) is 0. The summed E-state index contributed by atoms with van der Waals surface area (Å²) in [5, 5.41) is 7.47. The fourth-order valence-corrected chi connectivity index (χ4v) is 6.82. The van der Waals surface area contributed by atoms with Gasteiger partial charge in [0.1, 0.15) is 0 Å². The summed E-state index contributed by atoms with van der Waals surface area (Å²) in [6.45, 7) is 19.0. The van der Waals surface area contributed by atoms with Crippen LogP contribution in [0.3, 0.4) is 0 Å². The Labute approximate surface area is 178 Å². The Morgan fingerprint density at radius 2 is 1.39 bits per heavy atom. The molecule has 0 spiro atoms. The Balaban J connectivity index is 2.35. The summed E-state index contributed by atoms with van der Waals surface area (Å²) in [6.07, 6.45) is 3.58. The zero-order chi connectivity index (χ0) is 20.7. The topological polar surface area (TPSA) is 24.1 Å². The molecule has 2 nitrogen and oxygen atoms in total. The highest BCUT2D eigenvalue weighted by Crippen LogP contribution is 2.55. The first kappa shape index (κ1) is 22.7. The van der Waals surface area contributed by atoms with Crippen molar-refractivity contribution < 1.29 is 0 Å². The lowest BCUT2D eigenvalue weighted by molar-refractivity contribution is 0.293. The van der Waals surface area contributed by atoms with Crippen molar-refractivity contribution in [1.29, 1.82) is 0 Å². The molecule has 2 N–H and O–H groups in total. The minimum atomic E-state index is 0.119. The minimum absolute atomic E-state index is 0.119. The lowest BCUT2D eigenvalue weighted by Gasteiger charge is -2.46. The van der Waals surface area contributed by atoms with Gasteiger partial charge in [0.25, 0.3) is 0 Å². The van der Waals surface area contributed by atoms with Gasteiger partial charge in [-0.05, 0) is 90.1 Å². The molecule has 2 saturated heterocycles. The molecule has 4 heteroatoms. The molecule has 0 aromatic heterocycles. The van der Waals surface area contributed by atoms with Crippen LogP contribution in [0.25, 0.3) is 0 Å². The van der Waals surface area contributed by atoms with Gasteiger partial charge in [-0.1, -0.05) is 53.7 Å². The summed E-state index contributed by atoms with van der Waals surface area (Å²) in [6, 6.07) is 4.86. The van der Waals surface area contributed by atoms with E-state index in [0.717, 1.165) is 32.3 Å². The van der Waals surface area contributed by atoms with Gasteiger partial charge in [0.2, 0.25) is 0 Å². The first-order valence-corrected chi connectivity index (χ1v) is 12.5. The third-order valence-electron chi connectivity index (χ3n) is 6.97. The fourth-order valence-electron chi connectivity index (χ4n) is 5.58. The van der Waals surface area contributed by atoms with Crippen LogP contribution in [0, 0.1) is 11.8 Å². The Kier molecular flexibility index (Phi) is 6.69. The molecule has 4 unspecified atom stereocenters. The van der Waals surface area contributed by atoms with Crippen molar-refractivity contribution in [3.05, 3.63) is 34.4 Å². The number of rotatable bonds is 4. The zero-order valence-electron chi connectivity index (χ0n) is 18.9. The van der Waals surface area contributed by atoms with E-state index < -0.39 is 0 Å². The summed E-state index contributed by atoms with van der Waals surface area (Å²) < 4.78 is 0. The molecule has 0 amide bonds. The summed E-state index contributed by atoms with van der Waals surface area (Å²) in [5.41, 5.74) is 6.57. The van der Waals surface area contributed by atoms with Gasteiger partial charge in [0.15, 0.2) is 0 Å². The number of hydrogen-bond donors (Lipinski definition) is 2. The van der Waals surface area contributed by atoms with Crippen LogP contribution in [0.5, 0.6) is 0 Å². The Morgan fingerprint density at radius 1 is 0.857 bits per heavy atom. The summed E-state index contributed by atoms with van der Waals surface area (Å²) in [7, 11) is 6.46. The van der Waals surface area contributed by atoms with Gasteiger partial charge in [0.05, 0.1) is 0 Å². The third-order valence-corrected chi connectivity index (χ3v) is 8.65. The van der Waals surface area contributed by atoms with Crippen LogP contribution < -0.4 is 10.6 Å². The summed E-state index contributed by atoms with van der Waals surface area (Å²) >= 11 is 0. The van der Waals surface area contributed by atoms with Crippen LogP contribution >= 0.6 is 18.5 Å². The SMILES string of the molecule is CC(C)(C)c1ccc(CP)c(C(P)(C2CCNC2)C2CCNC2)c1C(C)(C)C. The van der Waals surface area contributed by atoms with E-state index >= 15 is 0 Å². The standard InChI is InChI=1S/C24H42N2P2/c1-22(2,3)19-8-7-16(15-27)20(21(19)23(4,5)6)24(28,17-9-11-25-13-17)18-10-12-26-14-18/h7-8,17-18,25-26H,9-15,27-28H2,1-6H3. The molecule has 3 rings (SSSR count). The van der Waals surface area contributed by atoms with E-state index in [2.05, 4.69) is 82.8 Å². The maximum atomic E-state index is 3.67. The molecule has 0 aliphatic carbocycles. The van der Waals surface area contributed by atoms with Gasteiger partial charge in [-0.15, -0.1) is 18.5 Å². The predicted molar refractivity (Wildman–Crippen MR) is 131 cm³/mol. The van der Waals surface area contributed by atoms with Gasteiger partial charge in [-0.3, -0.25) is 0 Å². The monoisotopic (exact) mass is 420 g/mol. The third kappa shape index (κ3) is 4.09. The van der Waals surface area contributed by atoms with Crippen LogP contribution in [0.4, 0.5) is 0 Å². The van der Waals surface area contributed by atoms with Crippen molar-refractivity contribution in [3.8, 4) is 0 Å². The molecule has 0 bridgehead atoms. The van der Waals surface area contributed by atoms with E-state index in [9.17, 15) is 0 Å². The first-order chi connectivity index (χ1) is 13.0. The molecule has 2 aliphatic heterocycles. The average Bonchev–Trinajstić information content (AvgIpc) is 3.31. The van der Waals surface area contributed by atoms with Gasteiger partial charge in [0, 0.05) is 5.16 Å². The normalized spacial score (nSPS) is 25.9. The lowest BCUT2D eigenvalue weighted by Crippen LogP contribution is -2.42. The molecule has 1 aromatic rings. The van der Waals surface area contributed by atoms with Crippen molar-refractivity contribution >= 4 is 18.5 Å². The quantitative estimate of drug-likeness (QED) is 0.674. The van der Waals surface area contributed by atoms with E-state index in [-0.39, 0.29) is 16.0 Å². The van der Waals surface area contributed by atoms with Crippen molar-refractivity contribution in [2.75, 3.05) is 26.2 Å². The largest absolute Gasteiger partial charge is 0.316 e. The minimum Gasteiger partial charge on any atom is -0.316 e. The second-order valence-corrected chi connectivity index (χ2v) is 12.4. The molecular formula is C24H42N2P2.